The summed E-state index contributed by atoms with van der Waals surface area (Å²) in [6, 6.07) is 0.199. The van der Waals surface area contributed by atoms with Crippen LogP contribution in [0.4, 0.5) is 0 Å². The van der Waals surface area contributed by atoms with Crippen molar-refractivity contribution in [2.24, 2.45) is 0 Å². The number of aromatic nitrogens is 2. The second kappa shape index (κ2) is 4.55. The number of hydrogen-bond donors (Lipinski definition) is 1. The summed E-state index contributed by atoms with van der Waals surface area (Å²) in [5, 5.41) is 6.28. The summed E-state index contributed by atoms with van der Waals surface area (Å²) in [5.74, 6) is -0.386. The van der Waals surface area contributed by atoms with Crippen molar-refractivity contribution >= 4 is 25.6 Å². The van der Waals surface area contributed by atoms with Gasteiger partial charge in [0.15, 0.2) is 5.69 Å². The van der Waals surface area contributed by atoms with Crippen LogP contribution in [-0.2, 0) is 9.05 Å². The van der Waals surface area contributed by atoms with Gasteiger partial charge < -0.3 is 4.90 Å². The predicted octanol–water partition coefficient (Wildman–Crippen LogP) is 1.27. The number of carbonyl (C=O) groups is 1. The van der Waals surface area contributed by atoms with Gasteiger partial charge in [-0.05, 0) is 26.7 Å². The van der Waals surface area contributed by atoms with Crippen LogP contribution in [-0.4, -0.2) is 42.0 Å². The standard InChI is InChI=1S/C10H14ClN3O3S/c1-3-14(7-4-5-7)10(15)8-9(18(11,16)17)6(2)12-13-8/h7H,3-5H2,1-2H3,(H,12,13). The lowest BCUT2D eigenvalue weighted by Crippen LogP contribution is -2.33. The molecule has 0 aliphatic heterocycles. The summed E-state index contributed by atoms with van der Waals surface area (Å²) >= 11 is 0. The second-order valence-electron chi connectivity index (χ2n) is 4.29. The van der Waals surface area contributed by atoms with Crippen LogP contribution in [0.15, 0.2) is 4.90 Å². The van der Waals surface area contributed by atoms with E-state index < -0.39 is 9.05 Å². The predicted molar refractivity (Wildman–Crippen MR) is 66.1 cm³/mol. The van der Waals surface area contributed by atoms with Crippen LogP contribution < -0.4 is 0 Å². The van der Waals surface area contributed by atoms with E-state index in [1.165, 1.54) is 6.92 Å². The number of carbonyl (C=O) groups excluding carboxylic acids is 1. The highest BCUT2D eigenvalue weighted by Crippen LogP contribution is 2.30. The maximum Gasteiger partial charge on any atom is 0.276 e. The molecule has 8 heteroatoms. The molecule has 0 bridgehead atoms. The van der Waals surface area contributed by atoms with E-state index in [-0.39, 0.29) is 28.2 Å². The number of H-pyrrole nitrogens is 1. The van der Waals surface area contributed by atoms with Crippen LogP contribution in [0.1, 0.15) is 35.9 Å². The molecule has 1 aliphatic carbocycles. The van der Waals surface area contributed by atoms with Gasteiger partial charge in [-0.2, -0.15) is 5.10 Å². The fraction of sp³-hybridized carbons (Fsp3) is 0.600. The fourth-order valence-electron chi connectivity index (χ4n) is 1.95. The summed E-state index contributed by atoms with van der Waals surface area (Å²) in [7, 11) is 1.36. The summed E-state index contributed by atoms with van der Waals surface area (Å²) in [4.78, 5) is 13.7. The molecule has 0 aromatic carbocycles. The third-order valence-corrected chi connectivity index (χ3v) is 4.38. The van der Waals surface area contributed by atoms with E-state index >= 15 is 0 Å². The van der Waals surface area contributed by atoms with Gasteiger partial charge in [0.05, 0.1) is 5.69 Å². The molecule has 0 spiro atoms. The third kappa shape index (κ3) is 2.37. The maximum absolute atomic E-state index is 12.3. The number of aromatic amines is 1. The first kappa shape index (κ1) is 13.4. The number of aryl methyl sites for hydroxylation is 1. The molecule has 1 aromatic rings. The molecule has 100 valence electrons. The number of halogens is 1. The molecular formula is C10H14ClN3O3S. The molecule has 0 radical (unpaired) electrons. The first-order valence-electron chi connectivity index (χ1n) is 5.66. The molecule has 6 nitrogen and oxygen atoms in total. The Morgan fingerprint density at radius 2 is 2.17 bits per heavy atom. The van der Waals surface area contributed by atoms with Crippen molar-refractivity contribution in [3.63, 3.8) is 0 Å². The fourth-order valence-corrected chi connectivity index (χ4v) is 3.29. The van der Waals surface area contributed by atoms with Crippen molar-refractivity contribution < 1.29 is 13.2 Å². The molecule has 1 amide bonds. The molecule has 2 rings (SSSR count). The highest BCUT2D eigenvalue weighted by molar-refractivity contribution is 8.13. The smallest absolute Gasteiger partial charge is 0.276 e. The molecule has 1 N–H and O–H groups in total. The van der Waals surface area contributed by atoms with E-state index in [2.05, 4.69) is 10.2 Å². The van der Waals surface area contributed by atoms with Crippen molar-refractivity contribution in [3.05, 3.63) is 11.4 Å². The van der Waals surface area contributed by atoms with Gasteiger partial charge in [-0.3, -0.25) is 9.89 Å². The molecule has 1 aliphatic rings. The molecule has 0 atom stereocenters. The van der Waals surface area contributed by atoms with Gasteiger partial charge in [0.2, 0.25) is 0 Å². The zero-order valence-electron chi connectivity index (χ0n) is 10.1. The Labute approximate surface area is 110 Å². The van der Waals surface area contributed by atoms with Crippen LogP contribution in [0, 0.1) is 6.92 Å². The van der Waals surface area contributed by atoms with Crippen LogP contribution in [0.2, 0.25) is 0 Å². The zero-order valence-corrected chi connectivity index (χ0v) is 11.7. The van der Waals surface area contributed by atoms with Crippen LogP contribution >= 0.6 is 10.7 Å². The summed E-state index contributed by atoms with van der Waals surface area (Å²) in [6.07, 6.45) is 1.90. The first-order valence-corrected chi connectivity index (χ1v) is 7.97. The largest absolute Gasteiger partial charge is 0.335 e. The van der Waals surface area contributed by atoms with Gasteiger partial charge in [0.1, 0.15) is 4.90 Å². The van der Waals surface area contributed by atoms with Crippen LogP contribution in [0.3, 0.4) is 0 Å². The number of nitrogens with one attached hydrogen (secondary N) is 1. The maximum atomic E-state index is 12.3. The van der Waals surface area contributed by atoms with Crippen molar-refractivity contribution in [2.45, 2.75) is 37.6 Å². The summed E-state index contributed by atoms with van der Waals surface area (Å²) < 4.78 is 22.9. The van der Waals surface area contributed by atoms with Crippen molar-refractivity contribution in [1.82, 2.24) is 15.1 Å². The SMILES string of the molecule is CCN(C(=O)c1n[nH]c(C)c1S(=O)(=O)Cl)C1CC1. The van der Waals surface area contributed by atoms with Gasteiger partial charge in [-0.25, -0.2) is 8.42 Å². The lowest BCUT2D eigenvalue weighted by Gasteiger charge is -2.19. The second-order valence-corrected chi connectivity index (χ2v) is 6.79. The van der Waals surface area contributed by atoms with E-state index in [1.807, 2.05) is 6.92 Å². The van der Waals surface area contributed by atoms with E-state index in [4.69, 9.17) is 10.7 Å². The number of rotatable bonds is 4. The molecule has 1 fully saturated rings. The van der Waals surface area contributed by atoms with Gasteiger partial charge in [-0.15, -0.1) is 0 Å². The van der Waals surface area contributed by atoms with Crippen molar-refractivity contribution in [2.75, 3.05) is 6.54 Å². The first-order chi connectivity index (χ1) is 8.36. The van der Waals surface area contributed by atoms with Crippen LogP contribution in [0.25, 0.3) is 0 Å². The molecule has 0 saturated heterocycles. The molecule has 1 aromatic heterocycles. The molecule has 1 saturated carbocycles. The average Bonchev–Trinajstić information content (AvgIpc) is 3.00. The minimum atomic E-state index is -3.98. The van der Waals surface area contributed by atoms with E-state index in [0.717, 1.165) is 12.8 Å². The van der Waals surface area contributed by atoms with Gasteiger partial charge in [-0.1, -0.05) is 0 Å². The minimum Gasteiger partial charge on any atom is -0.335 e. The molecule has 18 heavy (non-hydrogen) atoms. The zero-order chi connectivity index (χ0) is 13.5. The Morgan fingerprint density at radius 1 is 1.56 bits per heavy atom. The normalized spacial score (nSPS) is 15.7. The Hall–Kier alpha value is -1.08. The number of amides is 1. The van der Waals surface area contributed by atoms with E-state index in [0.29, 0.717) is 6.54 Å². The quantitative estimate of drug-likeness (QED) is 0.847. The highest BCUT2D eigenvalue weighted by Gasteiger charge is 2.36. The lowest BCUT2D eigenvalue weighted by molar-refractivity contribution is 0.0742. The molecule has 0 unspecified atom stereocenters. The Kier molecular flexibility index (Phi) is 3.37. The molecule has 1 heterocycles. The monoisotopic (exact) mass is 291 g/mol. The summed E-state index contributed by atoms with van der Waals surface area (Å²) in [6.45, 7) is 3.90. The van der Waals surface area contributed by atoms with Gasteiger partial charge >= 0.3 is 0 Å². The molecular weight excluding hydrogens is 278 g/mol. The summed E-state index contributed by atoms with van der Waals surface area (Å²) in [5.41, 5.74) is 0.163. The van der Waals surface area contributed by atoms with E-state index in [1.54, 1.807) is 4.90 Å². The minimum absolute atomic E-state index is 0.115. The lowest BCUT2D eigenvalue weighted by atomic mass is 10.3. The highest BCUT2D eigenvalue weighted by atomic mass is 35.7. The Bertz CT molecular complexity index is 577. The van der Waals surface area contributed by atoms with Crippen LogP contribution in [0.5, 0.6) is 0 Å². The van der Waals surface area contributed by atoms with Gasteiger partial charge in [0.25, 0.3) is 15.0 Å². The van der Waals surface area contributed by atoms with Crippen molar-refractivity contribution in [3.8, 4) is 0 Å². The average molecular weight is 292 g/mol. The number of hydrogen-bond acceptors (Lipinski definition) is 4. The number of nitrogens with zero attached hydrogens (tertiary/aromatic N) is 2. The van der Waals surface area contributed by atoms with E-state index in [9.17, 15) is 13.2 Å². The Morgan fingerprint density at radius 3 is 2.61 bits per heavy atom. The van der Waals surface area contributed by atoms with Gasteiger partial charge in [0, 0.05) is 23.3 Å². The topological polar surface area (TPSA) is 83.1 Å². The van der Waals surface area contributed by atoms with Crippen molar-refractivity contribution in [1.29, 1.82) is 0 Å². The Balaban J connectivity index is 2.42. The third-order valence-electron chi connectivity index (χ3n) is 2.93.